The van der Waals surface area contributed by atoms with Gasteiger partial charge in [0.2, 0.25) is 5.91 Å². The van der Waals surface area contributed by atoms with Gasteiger partial charge in [-0.05, 0) is 0 Å². The van der Waals surface area contributed by atoms with Crippen LogP contribution in [0.2, 0.25) is 0 Å². The molecule has 2 heterocycles. The van der Waals surface area contributed by atoms with Crippen LogP contribution in [0, 0.1) is 0 Å². The molecule has 2 rings (SSSR count). The van der Waals surface area contributed by atoms with Crippen LogP contribution in [-0.4, -0.2) is 76.1 Å². The summed E-state index contributed by atoms with van der Waals surface area (Å²) in [4.78, 5) is 24.4. The van der Waals surface area contributed by atoms with Crippen LogP contribution in [0.3, 0.4) is 0 Å². The molecule has 0 spiro atoms. The highest BCUT2D eigenvalue weighted by atomic mass is 16.4. The molecular weight excluding hydrogens is 264 g/mol. The van der Waals surface area contributed by atoms with Gasteiger partial charge in [0.05, 0.1) is 19.3 Å². The van der Waals surface area contributed by atoms with Gasteiger partial charge in [-0.15, -0.1) is 5.10 Å². The monoisotopic (exact) mass is 282 g/mol. The molecule has 1 amide bonds. The van der Waals surface area contributed by atoms with E-state index in [2.05, 4.69) is 25.8 Å². The van der Waals surface area contributed by atoms with Crippen molar-refractivity contribution in [3.63, 3.8) is 0 Å². The molecule has 1 saturated heterocycles. The van der Waals surface area contributed by atoms with Gasteiger partial charge in [-0.1, -0.05) is 5.21 Å². The summed E-state index contributed by atoms with van der Waals surface area (Å²) < 4.78 is 1.40. The minimum Gasteiger partial charge on any atom is -0.476 e. The van der Waals surface area contributed by atoms with Crippen molar-refractivity contribution in [1.29, 1.82) is 0 Å². The Kier molecular flexibility index (Phi) is 5.02. The number of rotatable bonds is 6. The number of carboxylic acids is 1. The third kappa shape index (κ3) is 4.28. The molecule has 1 aromatic heterocycles. The van der Waals surface area contributed by atoms with Crippen LogP contribution < -0.4 is 10.6 Å². The third-order valence-electron chi connectivity index (χ3n) is 3.00. The predicted molar refractivity (Wildman–Crippen MR) is 69.3 cm³/mol. The van der Waals surface area contributed by atoms with Crippen LogP contribution in [0.1, 0.15) is 10.5 Å². The Morgan fingerprint density at radius 3 is 2.80 bits per heavy atom. The van der Waals surface area contributed by atoms with E-state index in [9.17, 15) is 9.59 Å². The van der Waals surface area contributed by atoms with Gasteiger partial charge in [0.1, 0.15) is 0 Å². The first-order valence-electron chi connectivity index (χ1n) is 6.48. The van der Waals surface area contributed by atoms with Gasteiger partial charge in [0.15, 0.2) is 5.69 Å². The SMILES string of the molecule is O=C(CN1CCNCC1)NCCn1cc(C(=O)O)nn1. The Labute approximate surface area is 115 Å². The molecule has 1 aromatic rings. The number of aromatic carboxylic acids is 1. The first-order chi connectivity index (χ1) is 9.65. The van der Waals surface area contributed by atoms with Gasteiger partial charge in [0, 0.05) is 32.7 Å². The summed E-state index contributed by atoms with van der Waals surface area (Å²) in [5.74, 6) is -1.15. The minimum absolute atomic E-state index is 0.0366. The van der Waals surface area contributed by atoms with Gasteiger partial charge < -0.3 is 15.7 Å². The first kappa shape index (κ1) is 14.4. The van der Waals surface area contributed by atoms with Gasteiger partial charge >= 0.3 is 5.97 Å². The van der Waals surface area contributed by atoms with E-state index in [0.717, 1.165) is 26.2 Å². The van der Waals surface area contributed by atoms with Crippen molar-refractivity contribution in [2.75, 3.05) is 39.3 Å². The summed E-state index contributed by atoms with van der Waals surface area (Å²) in [5.41, 5.74) is -0.0999. The van der Waals surface area contributed by atoms with Crippen LogP contribution in [0.25, 0.3) is 0 Å². The molecule has 1 fully saturated rings. The van der Waals surface area contributed by atoms with Gasteiger partial charge in [-0.2, -0.15) is 0 Å². The molecule has 9 nitrogen and oxygen atoms in total. The second kappa shape index (κ2) is 6.96. The van der Waals surface area contributed by atoms with Crippen LogP contribution in [0.5, 0.6) is 0 Å². The van der Waals surface area contributed by atoms with Gasteiger partial charge in [-0.3, -0.25) is 9.69 Å². The van der Waals surface area contributed by atoms with E-state index in [-0.39, 0.29) is 11.6 Å². The molecule has 0 atom stereocenters. The summed E-state index contributed by atoms with van der Waals surface area (Å²) in [7, 11) is 0. The number of carboxylic acid groups (broad SMARTS) is 1. The number of piperazine rings is 1. The molecule has 1 aliphatic heterocycles. The number of hydrogen-bond donors (Lipinski definition) is 3. The smallest absolute Gasteiger partial charge is 0.358 e. The summed E-state index contributed by atoms with van der Waals surface area (Å²) in [5, 5.41) is 21.9. The Bertz CT molecular complexity index is 468. The van der Waals surface area contributed by atoms with E-state index >= 15 is 0 Å². The Balaban J connectivity index is 1.66. The first-order valence-corrected chi connectivity index (χ1v) is 6.48. The number of nitrogens with zero attached hydrogens (tertiary/aromatic N) is 4. The highest BCUT2D eigenvalue weighted by molar-refractivity contribution is 5.84. The summed E-state index contributed by atoms with van der Waals surface area (Å²) in [6.07, 6.45) is 1.34. The molecule has 0 bridgehead atoms. The molecule has 0 aromatic carbocycles. The summed E-state index contributed by atoms with van der Waals surface area (Å²) in [6.45, 7) is 4.74. The maximum absolute atomic E-state index is 11.7. The Morgan fingerprint density at radius 2 is 2.15 bits per heavy atom. The largest absolute Gasteiger partial charge is 0.476 e. The van der Waals surface area contributed by atoms with E-state index in [1.165, 1.54) is 10.9 Å². The molecule has 110 valence electrons. The molecule has 0 aliphatic carbocycles. The normalized spacial score (nSPS) is 16.0. The standard InChI is InChI=1S/C11H18N6O3/c18-10(8-16-4-1-12-2-5-16)13-3-6-17-7-9(11(19)20)14-15-17/h7,12H,1-6,8H2,(H,13,18)(H,19,20). The highest BCUT2D eigenvalue weighted by Gasteiger charge is 2.13. The maximum atomic E-state index is 11.7. The minimum atomic E-state index is -1.11. The molecule has 0 radical (unpaired) electrons. The lowest BCUT2D eigenvalue weighted by Gasteiger charge is -2.26. The van der Waals surface area contributed by atoms with Gasteiger partial charge in [-0.25, -0.2) is 9.48 Å². The molecule has 0 unspecified atom stereocenters. The van der Waals surface area contributed by atoms with Crippen molar-refractivity contribution < 1.29 is 14.7 Å². The Morgan fingerprint density at radius 1 is 1.40 bits per heavy atom. The number of aromatic nitrogens is 3. The van der Waals surface area contributed by atoms with Crippen molar-refractivity contribution in [2.45, 2.75) is 6.54 Å². The average molecular weight is 282 g/mol. The van der Waals surface area contributed by atoms with E-state index in [0.29, 0.717) is 19.6 Å². The molecule has 9 heteroatoms. The molecule has 3 N–H and O–H groups in total. The fourth-order valence-corrected chi connectivity index (χ4v) is 1.94. The highest BCUT2D eigenvalue weighted by Crippen LogP contribution is 1.93. The molecule has 1 aliphatic rings. The number of nitrogens with one attached hydrogen (secondary N) is 2. The molecular formula is C11H18N6O3. The lowest BCUT2D eigenvalue weighted by Crippen LogP contribution is -2.47. The van der Waals surface area contributed by atoms with Crippen molar-refractivity contribution in [2.24, 2.45) is 0 Å². The van der Waals surface area contributed by atoms with Crippen LogP contribution in [0.4, 0.5) is 0 Å². The number of carbonyl (C=O) groups excluding carboxylic acids is 1. The topological polar surface area (TPSA) is 112 Å². The van der Waals surface area contributed by atoms with Crippen LogP contribution in [-0.2, 0) is 11.3 Å². The lowest BCUT2D eigenvalue weighted by atomic mass is 10.3. The number of carbonyl (C=O) groups is 2. The third-order valence-corrected chi connectivity index (χ3v) is 3.00. The van der Waals surface area contributed by atoms with Crippen molar-refractivity contribution in [3.8, 4) is 0 Å². The van der Waals surface area contributed by atoms with Crippen molar-refractivity contribution >= 4 is 11.9 Å². The fourth-order valence-electron chi connectivity index (χ4n) is 1.94. The molecule has 20 heavy (non-hydrogen) atoms. The zero-order valence-electron chi connectivity index (χ0n) is 11.1. The lowest BCUT2D eigenvalue weighted by molar-refractivity contribution is -0.122. The average Bonchev–Trinajstić information content (AvgIpc) is 2.89. The number of hydrogen-bond acceptors (Lipinski definition) is 6. The quantitative estimate of drug-likeness (QED) is 0.553. The van der Waals surface area contributed by atoms with E-state index in [4.69, 9.17) is 5.11 Å². The second-order valence-electron chi connectivity index (χ2n) is 4.55. The van der Waals surface area contributed by atoms with Crippen LogP contribution >= 0.6 is 0 Å². The van der Waals surface area contributed by atoms with Crippen LogP contribution in [0.15, 0.2) is 6.20 Å². The van der Waals surface area contributed by atoms with E-state index in [1.54, 1.807) is 0 Å². The zero-order valence-corrected chi connectivity index (χ0v) is 11.1. The second-order valence-corrected chi connectivity index (χ2v) is 4.55. The summed E-state index contributed by atoms with van der Waals surface area (Å²) >= 11 is 0. The maximum Gasteiger partial charge on any atom is 0.358 e. The Hall–Kier alpha value is -2.00. The fraction of sp³-hybridized carbons (Fsp3) is 0.636. The van der Waals surface area contributed by atoms with Gasteiger partial charge in [0.25, 0.3) is 0 Å². The van der Waals surface area contributed by atoms with Crippen molar-refractivity contribution in [3.05, 3.63) is 11.9 Å². The number of amides is 1. The van der Waals surface area contributed by atoms with E-state index in [1.807, 2.05) is 0 Å². The summed E-state index contributed by atoms with van der Waals surface area (Å²) in [6, 6.07) is 0. The van der Waals surface area contributed by atoms with E-state index < -0.39 is 5.97 Å². The zero-order chi connectivity index (χ0) is 14.4. The van der Waals surface area contributed by atoms with Crippen molar-refractivity contribution in [1.82, 2.24) is 30.5 Å². The molecule has 0 saturated carbocycles. The predicted octanol–water partition coefficient (Wildman–Crippen LogP) is -2.00.